The topological polar surface area (TPSA) is 38.7 Å². The minimum Gasteiger partial charge on any atom is -0.463 e. The van der Waals surface area contributed by atoms with E-state index in [2.05, 4.69) is 6.92 Å². The molecular weight excluding hydrogens is 276 g/mol. The highest BCUT2D eigenvalue weighted by atomic mass is 35.5. The fourth-order valence-electron chi connectivity index (χ4n) is 2.29. The highest BCUT2D eigenvalue weighted by Crippen LogP contribution is 2.32. The molecule has 112 valence electrons. The summed E-state index contributed by atoms with van der Waals surface area (Å²) in [7, 11) is 0. The Bertz CT molecular complexity index is 430. The Morgan fingerprint density at radius 1 is 1.45 bits per heavy atom. The van der Waals surface area contributed by atoms with Crippen molar-refractivity contribution in [1.29, 1.82) is 0 Å². The second-order valence-electron chi connectivity index (χ2n) is 5.43. The normalized spacial score (nSPS) is 22.3. The van der Waals surface area contributed by atoms with Gasteiger partial charge < -0.3 is 14.6 Å². The SMILES string of the molecule is CC[C@@H](C)C(O)c1ccc(OC2CCCCO2)c(Cl)c1. The van der Waals surface area contributed by atoms with Gasteiger partial charge in [-0.05, 0) is 36.5 Å². The molecule has 1 aliphatic heterocycles. The minimum atomic E-state index is -0.488. The Morgan fingerprint density at radius 2 is 2.25 bits per heavy atom. The molecule has 0 spiro atoms. The van der Waals surface area contributed by atoms with Crippen molar-refractivity contribution in [3.05, 3.63) is 28.8 Å². The summed E-state index contributed by atoms with van der Waals surface area (Å²) in [6, 6.07) is 5.48. The molecule has 0 aromatic heterocycles. The molecule has 0 bridgehead atoms. The summed E-state index contributed by atoms with van der Waals surface area (Å²) in [5, 5.41) is 10.7. The van der Waals surface area contributed by atoms with E-state index >= 15 is 0 Å². The number of halogens is 1. The molecule has 3 nitrogen and oxygen atoms in total. The lowest BCUT2D eigenvalue weighted by Gasteiger charge is -2.24. The maximum atomic E-state index is 10.2. The average molecular weight is 299 g/mol. The fraction of sp³-hybridized carbons (Fsp3) is 0.625. The van der Waals surface area contributed by atoms with Gasteiger partial charge in [-0.1, -0.05) is 37.9 Å². The van der Waals surface area contributed by atoms with Crippen molar-refractivity contribution in [1.82, 2.24) is 0 Å². The van der Waals surface area contributed by atoms with Crippen LogP contribution in [0.4, 0.5) is 0 Å². The number of rotatable bonds is 5. The van der Waals surface area contributed by atoms with Gasteiger partial charge in [0.25, 0.3) is 0 Å². The molecule has 0 radical (unpaired) electrons. The van der Waals surface area contributed by atoms with Gasteiger partial charge in [0, 0.05) is 6.42 Å². The van der Waals surface area contributed by atoms with Crippen molar-refractivity contribution in [2.75, 3.05) is 6.61 Å². The first-order valence-electron chi connectivity index (χ1n) is 7.37. The molecule has 1 saturated heterocycles. The molecule has 1 aromatic carbocycles. The Morgan fingerprint density at radius 3 is 2.85 bits per heavy atom. The molecule has 2 unspecified atom stereocenters. The molecule has 20 heavy (non-hydrogen) atoms. The number of hydrogen-bond acceptors (Lipinski definition) is 3. The maximum Gasteiger partial charge on any atom is 0.199 e. The average Bonchev–Trinajstić information content (AvgIpc) is 2.48. The van der Waals surface area contributed by atoms with Crippen LogP contribution in [-0.4, -0.2) is 18.0 Å². The van der Waals surface area contributed by atoms with Crippen molar-refractivity contribution in [3.63, 3.8) is 0 Å². The van der Waals surface area contributed by atoms with Gasteiger partial charge in [-0.25, -0.2) is 0 Å². The van der Waals surface area contributed by atoms with Gasteiger partial charge >= 0.3 is 0 Å². The van der Waals surface area contributed by atoms with Crippen molar-refractivity contribution in [3.8, 4) is 5.75 Å². The zero-order valence-electron chi connectivity index (χ0n) is 12.1. The summed E-state index contributed by atoms with van der Waals surface area (Å²) in [6.07, 6.45) is 3.34. The van der Waals surface area contributed by atoms with E-state index in [1.165, 1.54) is 0 Å². The number of benzene rings is 1. The van der Waals surface area contributed by atoms with E-state index in [9.17, 15) is 5.11 Å². The van der Waals surface area contributed by atoms with Gasteiger partial charge in [0.05, 0.1) is 17.7 Å². The monoisotopic (exact) mass is 298 g/mol. The van der Waals surface area contributed by atoms with Crippen LogP contribution in [0.25, 0.3) is 0 Å². The van der Waals surface area contributed by atoms with Gasteiger partial charge in [0.15, 0.2) is 6.29 Å². The van der Waals surface area contributed by atoms with Crippen LogP contribution in [0.3, 0.4) is 0 Å². The lowest BCUT2D eigenvalue weighted by molar-refractivity contribution is -0.105. The van der Waals surface area contributed by atoms with Crippen LogP contribution in [0.5, 0.6) is 5.75 Å². The van der Waals surface area contributed by atoms with Gasteiger partial charge in [0.1, 0.15) is 5.75 Å². The van der Waals surface area contributed by atoms with E-state index in [0.29, 0.717) is 10.8 Å². The van der Waals surface area contributed by atoms with Gasteiger partial charge in [-0.3, -0.25) is 0 Å². The highest BCUT2D eigenvalue weighted by molar-refractivity contribution is 6.32. The molecule has 0 aliphatic carbocycles. The van der Waals surface area contributed by atoms with Crippen LogP contribution >= 0.6 is 11.6 Å². The van der Waals surface area contributed by atoms with E-state index in [-0.39, 0.29) is 12.2 Å². The summed E-state index contributed by atoms with van der Waals surface area (Å²) in [6.45, 7) is 4.83. The summed E-state index contributed by atoms with van der Waals surface area (Å²) in [5.41, 5.74) is 0.835. The molecule has 3 atom stereocenters. The van der Waals surface area contributed by atoms with Gasteiger partial charge in [-0.2, -0.15) is 0 Å². The quantitative estimate of drug-likeness (QED) is 0.879. The van der Waals surface area contributed by atoms with Gasteiger partial charge in [-0.15, -0.1) is 0 Å². The van der Waals surface area contributed by atoms with Crippen LogP contribution < -0.4 is 4.74 Å². The van der Waals surface area contributed by atoms with Crippen LogP contribution in [0.15, 0.2) is 18.2 Å². The lowest BCUT2D eigenvalue weighted by Crippen LogP contribution is -2.25. The summed E-state index contributed by atoms with van der Waals surface area (Å²) < 4.78 is 11.3. The first kappa shape index (κ1) is 15.6. The Labute approximate surface area is 125 Å². The molecule has 2 rings (SSSR count). The van der Waals surface area contributed by atoms with E-state index in [4.69, 9.17) is 21.1 Å². The molecule has 1 aliphatic rings. The van der Waals surface area contributed by atoms with Crippen LogP contribution in [0.1, 0.15) is 51.2 Å². The largest absolute Gasteiger partial charge is 0.463 e. The third-order valence-corrected chi connectivity index (χ3v) is 4.17. The van der Waals surface area contributed by atoms with E-state index in [1.54, 1.807) is 6.07 Å². The zero-order valence-corrected chi connectivity index (χ0v) is 12.9. The number of aliphatic hydroxyl groups is 1. The van der Waals surface area contributed by atoms with Crippen LogP contribution in [-0.2, 0) is 4.74 Å². The van der Waals surface area contributed by atoms with Gasteiger partial charge in [0.2, 0.25) is 0 Å². The van der Waals surface area contributed by atoms with E-state index in [0.717, 1.165) is 37.9 Å². The van der Waals surface area contributed by atoms with Crippen molar-refractivity contribution in [2.24, 2.45) is 5.92 Å². The molecule has 1 aromatic rings. The number of ether oxygens (including phenoxy) is 2. The third kappa shape index (κ3) is 3.87. The second-order valence-corrected chi connectivity index (χ2v) is 5.84. The summed E-state index contributed by atoms with van der Waals surface area (Å²) in [5.74, 6) is 0.832. The van der Waals surface area contributed by atoms with E-state index < -0.39 is 6.10 Å². The molecule has 1 fully saturated rings. The van der Waals surface area contributed by atoms with E-state index in [1.807, 2.05) is 19.1 Å². The first-order chi connectivity index (χ1) is 9.61. The van der Waals surface area contributed by atoms with Crippen molar-refractivity contribution in [2.45, 2.75) is 51.9 Å². The maximum absolute atomic E-state index is 10.2. The molecule has 1 N–H and O–H groups in total. The zero-order chi connectivity index (χ0) is 14.5. The number of aliphatic hydroxyl groups excluding tert-OH is 1. The molecule has 0 saturated carbocycles. The molecular formula is C16H23ClO3. The van der Waals surface area contributed by atoms with Crippen LogP contribution in [0, 0.1) is 5.92 Å². The molecule has 4 heteroatoms. The fourth-order valence-corrected chi connectivity index (χ4v) is 2.53. The molecule has 1 heterocycles. The predicted octanol–water partition coefficient (Wildman–Crippen LogP) is 4.32. The lowest BCUT2D eigenvalue weighted by atomic mass is 9.95. The highest BCUT2D eigenvalue weighted by Gasteiger charge is 2.19. The third-order valence-electron chi connectivity index (χ3n) is 3.88. The first-order valence-corrected chi connectivity index (χ1v) is 7.75. The summed E-state index contributed by atoms with van der Waals surface area (Å²) >= 11 is 6.25. The minimum absolute atomic E-state index is 0.202. The predicted molar refractivity (Wildman–Crippen MR) is 80.1 cm³/mol. The second kappa shape index (κ2) is 7.30. The smallest absolute Gasteiger partial charge is 0.199 e. The van der Waals surface area contributed by atoms with Crippen LogP contribution in [0.2, 0.25) is 5.02 Å². The standard InChI is InChI=1S/C16H23ClO3/c1-3-11(2)16(18)12-7-8-14(13(17)10-12)20-15-6-4-5-9-19-15/h7-8,10-11,15-16,18H,3-6,9H2,1-2H3/t11-,15?,16?/m1/s1. The van der Waals surface area contributed by atoms with Crippen molar-refractivity contribution >= 4 is 11.6 Å². The molecule has 0 amide bonds. The summed E-state index contributed by atoms with van der Waals surface area (Å²) in [4.78, 5) is 0. The Balaban J connectivity index is 2.05. The number of hydrogen-bond donors (Lipinski definition) is 1. The Hall–Kier alpha value is -0.770. The van der Waals surface area contributed by atoms with Crippen molar-refractivity contribution < 1.29 is 14.6 Å². The Kier molecular flexibility index (Phi) is 5.70.